The second kappa shape index (κ2) is 11.8. The number of carbonyl (C=O) groups excluding carboxylic acids is 2. The van der Waals surface area contributed by atoms with Crippen LogP contribution in [0.3, 0.4) is 0 Å². The highest BCUT2D eigenvalue weighted by molar-refractivity contribution is 8.01. The molecule has 1 aromatic heterocycles. The Morgan fingerprint density at radius 2 is 1.94 bits per heavy atom. The minimum atomic E-state index is -0.697. The molecule has 0 aliphatic heterocycles. The van der Waals surface area contributed by atoms with Crippen molar-refractivity contribution in [3.63, 3.8) is 0 Å². The minimum Gasteiger partial charge on any atom is -0.467 e. The van der Waals surface area contributed by atoms with Crippen LogP contribution in [-0.2, 0) is 9.53 Å². The van der Waals surface area contributed by atoms with Crippen molar-refractivity contribution < 1.29 is 14.3 Å². The molecule has 0 N–H and O–H groups in total. The van der Waals surface area contributed by atoms with Crippen molar-refractivity contribution in [2.75, 3.05) is 26.2 Å². The summed E-state index contributed by atoms with van der Waals surface area (Å²) in [4.78, 5) is 27.8. The molecule has 0 spiro atoms. The molecule has 0 saturated carbocycles. The van der Waals surface area contributed by atoms with Crippen LogP contribution in [-0.4, -0.2) is 54.2 Å². The first-order valence-electron chi connectivity index (χ1n) is 9.58. The number of likely N-dealkylation sites (N-methyl/N-ethyl adjacent to an activating group) is 1. The molecule has 0 radical (unpaired) electrons. The lowest BCUT2D eigenvalue weighted by Crippen LogP contribution is -2.43. The van der Waals surface area contributed by atoms with E-state index in [1.54, 1.807) is 54.8 Å². The Bertz CT molecular complexity index is 968. The molecular formula is C22H25ClN2O3S3. The number of thiophene rings is 1. The number of nitriles is 1. The molecule has 0 fully saturated rings. The van der Waals surface area contributed by atoms with E-state index >= 15 is 0 Å². The smallest absolute Gasteiger partial charge is 0.328 e. The third-order valence-electron chi connectivity index (χ3n) is 4.51. The predicted molar refractivity (Wildman–Crippen MR) is 131 cm³/mol. The van der Waals surface area contributed by atoms with Crippen molar-refractivity contribution in [2.45, 2.75) is 35.8 Å². The summed E-state index contributed by atoms with van der Waals surface area (Å²) in [5, 5.41) is 10.7. The zero-order chi connectivity index (χ0) is 23.1. The predicted octanol–water partition coefficient (Wildman–Crippen LogP) is 5.81. The second-order valence-corrected chi connectivity index (χ2v) is 11.3. The molecule has 0 unspecified atom stereocenters. The number of ether oxygens (including phenoxy) is 1. The van der Waals surface area contributed by atoms with E-state index in [1.807, 2.05) is 20.1 Å². The van der Waals surface area contributed by atoms with Crippen molar-refractivity contribution in [3.8, 4) is 17.2 Å². The average molecular weight is 497 g/mol. The Morgan fingerprint density at radius 1 is 1.29 bits per heavy atom. The number of rotatable bonds is 9. The van der Waals surface area contributed by atoms with Gasteiger partial charge in [0.1, 0.15) is 17.0 Å². The highest BCUT2D eigenvalue weighted by Gasteiger charge is 2.32. The minimum absolute atomic E-state index is 0.244. The first kappa shape index (κ1) is 25.6. The van der Waals surface area contributed by atoms with Crippen molar-refractivity contribution >= 4 is 58.3 Å². The molecule has 166 valence electrons. The number of esters is 1. The first-order chi connectivity index (χ1) is 14.7. The van der Waals surface area contributed by atoms with Gasteiger partial charge in [0, 0.05) is 22.9 Å². The molecule has 0 bridgehead atoms. The quantitative estimate of drug-likeness (QED) is 0.322. The maximum atomic E-state index is 13.6. The van der Waals surface area contributed by atoms with E-state index in [2.05, 4.69) is 6.07 Å². The van der Waals surface area contributed by atoms with E-state index in [-0.39, 0.29) is 11.2 Å². The van der Waals surface area contributed by atoms with Crippen LogP contribution in [0.2, 0.25) is 5.02 Å². The summed E-state index contributed by atoms with van der Waals surface area (Å²) in [6, 6.07) is 8.66. The van der Waals surface area contributed by atoms with Gasteiger partial charge in [-0.2, -0.15) is 17.0 Å². The van der Waals surface area contributed by atoms with Crippen molar-refractivity contribution in [1.82, 2.24) is 4.90 Å². The van der Waals surface area contributed by atoms with Crippen molar-refractivity contribution in [2.24, 2.45) is 0 Å². The lowest BCUT2D eigenvalue weighted by Gasteiger charge is -2.26. The number of halogens is 1. The average Bonchev–Trinajstić information content (AvgIpc) is 3.10. The van der Waals surface area contributed by atoms with E-state index in [4.69, 9.17) is 16.3 Å². The summed E-state index contributed by atoms with van der Waals surface area (Å²) in [5.41, 5.74) is 1.79. The van der Waals surface area contributed by atoms with Gasteiger partial charge in [-0.1, -0.05) is 37.6 Å². The SMILES string of the molecule is COC(=O)[C@H](CCSC)N(C)C(=O)c1sc(SC(C)C)c(C#N)c1-c1ccc(Cl)cc1. The van der Waals surface area contributed by atoms with Crippen LogP contribution < -0.4 is 0 Å². The lowest BCUT2D eigenvalue weighted by atomic mass is 10.0. The molecule has 2 aromatic rings. The molecule has 1 heterocycles. The van der Waals surface area contributed by atoms with E-state index in [9.17, 15) is 14.9 Å². The number of hydrogen-bond donors (Lipinski definition) is 0. The van der Waals surface area contributed by atoms with Gasteiger partial charge in [0.2, 0.25) is 0 Å². The highest BCUT2D eigenvalue weighted by Crippen LogP contribution is 2.43. The molecule has 31 heavy (non-hydrogen) atoms. The number of nitrogens with zero attached hydrogens (tertiary/aromatic N) is 2. The molecular weight excluding hydrogens is 472 g/mol. The number of hydrogen-bond acceptors (Lipinski definition) is 7. The number of carbonyl (C=O) groups is 2. The summed E-state index contributed by atoms with van der Waals surface area (Å²) in [5.74, 6) is -0.0469. The van der Waals surface area contributed by atoms with Gasteiger partial charge in [-0.05, 0) is 36.1 Å². The fourth-order valence-corrected chi connectivity index (χ4v) is 6.28. The second-order valence-electron chi connectivity index (χ2n) is 6.99. The van der Waals surface area contributed by atoms with Crippen molar-refractivity contribution in [3.05, 3.63) is 39.7 Å². The van der Waals surface area contributed by atoms with Gasteiger partial charge < -0.3 is 9.64 Å². The van der Waals surface area contributed by atoms with Gasteiger partial charge in [0.25, 0.3) is 5.91 Å². The topological polar surface area (TPSA) is 70.4 Å². The maximum Gasteiger partial charge on any atom is 0.328 e. The van der Waals surface area contributed by atoms with E-state index in [0.29, 0.717) is 33.2 Å². The molecule has 0 aliphatic rings. The van der Waals surface area contributed by atoms with Crippen LogP contribution in [0.5, 0.6) is 0 Å². The van der Waals surface area contributed by atoms with E-state index in [0.717, 1.165) is 9.77 Å². The van der Waals surface area contributed by atoms with Crippen LogP contribution in [0.1, 0.15) is 35.5 Å². The Morgan fingerprint density at radius 3 is 2.45 bits per heavy atom. The zero-order valence-electron chi connectivity index (χ0n) is 18.1. The highest BCUT2D eigenvalue weighted by atomic mass is 35.5. The summed E-state index contributed by atoms with van der Waals surface area (Å²) in [6.45, 7) is 4.08. The molecule has 9 heteroatoms. The van der Waals surface area contributed by atoms with E-state index in [1.165, 1.54) is 23.3 Å². The molecule has 0 aliphatic carbocycles. The van der Waals surface area contributed by atoms with Gasteiger partial charge >= 0.3 is 5.97 Å². The summed E-state index contributed by atoms with van der Waals surface area (Å²) >= 11 is 10.5. The Kier molecular flexibility index (Phi) is 9.76. The number of amides is 1. The molecule has 5 nitrogen and oxygen atoms in total. The van der Waals surface area contributed by atoms with Crippen LogP contribution in [0.25, 0.3) is 11.1 Å². The molecule has 1 amide bonds. The Hall–Kier alpha value is -1.66. The number of thioether (sulfide) groups is 2. The van der Waals surface area contributed by atoms with E-state index < -0.39 is 12.0 Å². The maximum absolute atomic E-state index is 13.6. The largest absolute Gasteiger partial charge is 0.467 e. The van der Waals surface area contributed by atoms with Gasteiger partial charge in [0.15, 0.2) is 0 Å². The van der Waals surface area contributed by atoms with Gasteiger partial charge in [-0.3, -0.25) is 4.79 Å². The molecule has 1 atom stereocenters. The Labute approximate surface area is 201 Å². The fourth-order valence-electron chi connectivity index (χ4n) is 2.99. The number of benzene rings is 1. The van der Waals surface area contributed by atoms with Crippen molar-refractivity contribution in [1.29, 1.82) is 5.26 Å². The molecule has 2 rings (SSSR count). The molecule has 1 aromatic carbocycles. The normalized spacial score (nSPS) is 11.8. The Balaban J connectivity index is 2.60. The first-order valence-corrected chi connectivity index (χ1v) is 13.0. The van der Waals surface area contributed by atoms with Gasteiger partial charge in [0.05, 0.1) is 16.9 Å². The van der Waals surface area contributed by atoms with Crippen LogP contribution >= 0.6 is 46.5 Å². The van der Waals surface area contributed by atoms with Crippen LogP contribution in [0, 0.1) is 11.3 Å². The standard InChI is InChI=1S/C22H25ClN2O3S3/c1-13(2)30-22-16(12-24)18(14-6-8-15(23)9-7-14)19(31-22)20(26)25(3)17(10-11-29-5)21(27)28-4/h6-9,13,17H,10-11H2,1-5H3/t17-/m0/s1. The molecule has 0 saturated heterocycles. The summed E-state index contributed by atoms with van der Waals surface area (Å²) < 4.78 is 5.73. The third-order valence-corrected chi connectivity index (χ3v) is 7.81. The zero-order valence-corrected chi connectivity index (χ0v) is 21.3. The lowest BCUT2D eigenvalue weighted by molar-refractivity contribution is -0.145. The summed E-state index contributed by atoms with van der Waals surface area (Å²) in [7, 11) is 2.93. The van der Waals surface area contributed by atoms with Gasteiger partial charge in [-0.15, -0.1) is 23.1 Å². The van der Waals surface area contributed by atoms with Crippen LogP contribution in [0.15, 0.2) is 28.5 Å². The van der Waals surface area contributed by atoms with Gasteiger partial charge in [-0.25, -0.2) is 4.79 Å². The fraction of sp³-hybridized carbons (Fsp3) is 0.409. The number of methoxy groups -OCH3 is 1. The third kappa shape index (κ3) is 6.19. The summed E-state index contributed by atoms with van der Waals surface area (Å²) in [6.07, 6.45) is 2.43. The monoisotopic (exact) mass is 496 g/mol. The van der Waals surface area contributed by atoms with Crippen LogP contribution in [0.4, 0.5) is 0 Å².